The van der Waals surface area contributed by atoms with Crippen LogP contribution in [0.5, 0.6) is 5.75 Å². The molecule has 0 bridgehead atoms. The van der Waals surface area contributed by atoms with Crippen molar-refractivity contribution in [1.29, 1.82) is 5.41 Å². The molecule has 1 aromatic carbocycles. The summed E-state index contributed by atoms with van der Waals surface area (Å²) in [5.41, 5.74) is 5.99. The number of hydrogen-bond acceptors (Lipinski definition) is 4. The Kier molecular flexibility index (Phi) is 5.07. The summed E-state index contributed by atoms with van der Waals surface area (Å²) in [6, 6.07) is 4.54. The quantitative estimate of drug-likeness (QED) is 0.263. The number of ether oxygens (including phenoxy) is 1. The van der Waals surface area contributed by atoms with Gasteiger partial charge in [-0.25, -0.2) is 0 Å². The molecule has 0 saturated heterocycles. The van der Waals surface area contributed by atoms with E-state index >= 15 is 0 Å². The maximum Gasteiger partial charge on any atom is 0.269 e. The average Bonchev–Trinajstić information content (AvgIpc) is 2.35. The van der Waals surface area contributed by atoms with Crippen LogP contribution >= 0.6 is 0 Å². The molecule has 0 atom stereocenters. The summed E-state index contributed by atoms with van der Waals surface area (Å²) in [7, 11) is 0. The van der Waals surface area contributed by atoms with E-state index in [0.717, 1.165) is 18.4 Å². The zero-order valence-corrected chi connectivity index (χ0v) is 12.1. The Balaban J connectivity index is 2.51. The fourth-order valence-corrected chi connectivity index (χ4v) is 1.74. The molecule has 0 radical (unpaired) electrons. The molecule has 0 aromatic heterocycles. The monoisotopic (exact) mass is 279 g/mol. The smallest absolute Gasteiger partial charge is 0.269 e. The van der Waals surface area contributed by atoms with Gasteiger partial charge < -0.3 is 10.5 Å². The number of aryl methyl sites for hydroxylation is 1. The second-order valence-electron chi connectivity index (χ2n) is 5.46. The van der Waals surface area contributed by atoms with Gasteiger partial charge in [0.15, 0.2) is 0 Å². The molecular formula is C14H21N3O3. The Morgan fingerprint density at radius 3 is 2.65 bits per heavy atom. The zero-order chi connectivity index (χ0) is 15.3. The minimum absolute atomic E-state index is 0.0626. The highest BCUT2D eigenvalue weighted by Gasteiger charge is 2.20. The topological polar surface area (TPSA) is 102 Å². The second kappa shape index (κ2) is 6.36. The van der Waals surface area contributed by atoms with Crippen LogP contribution in [0.15, 0.2) is 18.2 Å². The van der Waals surface area contributed by atoms with Gasteiger partial charge in [-0.05, 0) is 31.4 Å². The molecule has 0 aliphatic carbocycles. The lowest BCUT2D eigenvalue weighted by Crippen LogP contribution is -2.31. The van der Waals surface area contributed by atoms with Gasteiger partial charge in [0.1, 0.15) is 5.75 Å². The van der Waals surface area contributed by atoms with Gasteiger partial charge in [-0.3, -0.25) is 15.5 Å². The van der Waals surface area contributed by atoms with Crippen LogP contribution in [0.3, 0.4) is 0 Å². The van der Waals surface area contributed by atoms with Crippen LogP contribution in [0.25, 0.3) is 0 Å². The highest BCUT2D eigenvalue weighted by atomic mass is 16.6. The standard InChI is InChI=1S/C14H21N3O3/c1-10-9-11(17(18)19)5-6-12(10)20-8-4-7-14(2,3)13(15)16/h5-6,9H,4,7-8H2,1-3H3,(H3,15,16). The number of nitrogens with one attached hydrogen (secondary N) is 1. The largest absolute Gasteiger partial charge is 0.493 e. The van der Waals surface area contributed by atoms with Crippen molar-refractivity contribution in [3.05, 3.63) is 33.9 Å². The van der Waals surface area contributed by atoms with Crippen LogP contribution in [0.2, 0.25) is 0 Å². The fraction of sp³-hybridized carbons (Fsp3) is 0.500. The molecule has 0 heterocycles. The zero-order valence-electron chi connectivity index (χ0n) is 12.1. The molecule has 3 N–H and O–H groups in total. The van der Waals surface area contributed by atoms with E-state index in [1.807, 2.05) is 13.8 Å². The summed E-state index contributed by atoms with van der Waals surface area (Å²) in [5.74, 6) is 0.820. The molecule has 0 amide bonds. The third-order valence-electron chi connectivity index (χ3n) is 3.30. The molecule has 1 aromatic rings. The third-order valence-corrected chi connectivity index (χ3v) is 3.30. The summed E-state index contributed by atoms with van der Waals surface area (Å²) < 4.78 is 5.61. The molecule has 0 spiro atoms. The highest BCUT2D eigenvalue weighted by Crippen LogP contribution is 2.25. The minimum atomic E-state index is -0.424. The van der Waals surface area contributed by atoms with E-state index in [9.17, 15) is 10.1 Å². The van der Waals surface area contributed by atoms with E-state index in [0.29, 0.717) is 12.4 Å². The van der Waals surface area contributed by atoms with Gasteiger partial charge in [-0.1, -0.05) is 13.8 Å². The Morgan fingerprint density at radius 2 is 2.15 bits per heavy atom. The number of nitrogens with zero attached hydrogens (tertiary/aromatic N) is 1. The van der Waals surface area contributed by atoms with E-state index < -0.39 is 4.92 Å². The van der Waals surface area contributed by atoms with Crippen molar-refractivity contribution in [2.75, 3.05) is 6.61 Å². The van der Waals surface area contributed by atoms with Crippen molar-refractivity contribution >= 4 is 11.5 Å². The Morgan fingerprint density at radius 1 is 1.50 bits per heavy atom. The van der Waals surface area contributed by atoms with Crippen molar-refractivity contribution in [1.82, 2.24) is 0 Å². The van der Waals surface area contributed by atoms with E-state index in [1.165, 1.54) is 12.1 Å². The predicted octanol–water partition coefficient (Wildman–Crippen LogP) is 3.02. The molecule has 0 unspecified atom stereocenters. The molecule has 0 aliphatic rings. The van der Waals surface area contributed by atoms with Gasteiger partial charge in [-0.15, -0.1) is 0 Å². The average molecular weight is 279 g/mol. The number of hydrogen-bond donors (Lipinski definition) is 2. The molecular weight excluding hydrogens is 258 g/mol. The van der Waals surface area contributed by atoms with Crippen molar-refractivity contribution in [3.63, 3.8) is 0 Å². The molecule has 0 saturated carbocycles. The first-order valence-electron chi connectivity index (χ1n) is 6.46. The SMILES string of the molecule is Cc1cc([N+](=O)[O-])ccc1OCCCC(C)(C)C(=N)N. The number of nitro benzene ring substituents is 1. The molecule has 110 valence electrons. The van der Waals surface area contributed by atoms with Gasteiger partial charge >= 0.3 is 0 Å². The molecule has 6 heteroatoms. The van der Waals surface area contributed by atoms with Gasteiger partial charge in [-0.2, -0.15) is 0 Å². The number of non-ortho nitro benzene ring substituents is 1. The van der Waals surface area contributed by atoms with Crippen LogP contribution in [-0.2, 0) is 0 Å². The van der Waals surface area contributed by atoms with Gasteiger partial charge in [0, 0.05) is 17.5 Å². The fourth-order valence-electron chi connectivity index (χ4n) is 1.74. The number of rotatable bonds is 7. The van der Waals surface area contributed by atoms with Crippen molar-refractivity contribution in [2.45, 2.75) is 33.6 Å². The Hall–Kier alpha value is -2.11. The maximum absolute atomic E-state index is 10.6. The van der Waals surface area contributed by atoms with Gasteiger partial charge in [0.05, 0.1) is 17.4 Å². The normalized spacial score (nSPS) is 11.2. The first-order chi connectivity index (χ1) is 9.24. The first kappa shape index (κ1) is 15.9. The summed E-state index contributed by atoms with van der Waals surface area (Å²) in [6.45, 7) is 6.12. The van der Waals surface area contributed by atoms with Gasteiger partial charge in [0.2, 0.25) is 0 Å². The van der Waals surface area contributed by atoms with Crippen LogP contribution < -0.4 is 10.5 Å². The lowest BCUT2D eigenvalue weighted by Gasteiger charge is -2.22. The summed E-state index contributed by atoms with van der Waals surface area (Å²) >= 11 is 0. The number of benzene rings is 1. The number of nitro groups is 1. The molecule has 1 rings (SSSR count). The van der Waals surface area contributed by atoms with Crippen molar-refractivity contribution in [3.8, 4) is 5.75 Å². The van der Waals surface area contributed by atoms with Crippen LogP contribution in [0.1, 0.15) is 32.3 Å². The number of nitrogens with two attached hydrogens (primary N) is 1. The molecule has 0 aliphatic heterocycles. The van der Waals surface area contributed by atoms with E-state index in [-0.39, 0.29) is 16.9 Å². The van der Waals surface area contributed by atoms with E-state index in [4.69, 9.17) is 15.9 Å². The molecule has 20 heavy (non-hydrogen) atoms. The maximum atomic E-state index is 10.6. The van der Waals surface area contributed by atoms with Gasteiger partial charge in [0.25, 0.3) is 5.69 Å². The summed E-state index contributed by atoms with van der Waals surface area (Å²) in [6.07, 6.45) is 1.53. The number of amidine groups is 1. The predicted molar refractivity (Wildman–Crippen MR) is 78.3 cm³/mol. The second-order valence-corrected chi connectivity index (χ2v) is 5.46. The van der Waals surface area contributed by atoms with E-state index in [2.05, 4.69) is 0 Å². The lowest BCUT2D eigenvalue weighted by atomic mass is 9.87. The third kappa shape index (κ3) is 4.22. The first-order valence-corrected chi connectivity index (χ1v) is 6.46. The Labute approximate surface area is 118 Å². The Bertz CT molecular complexity index is 512. The van der Waals surface area contributed by atoms with Crippen molar-refractivity contribution < 1.29 is 9.66 Å². The van der Waals surface area contributed by atoms with E-state index in [1.54, 1.807) is 13.0 Å². The highest BCUT2D eigenvalue weighted by molar-refractivity contribution is 5.82. The van der Waals surface area contributed by atoms with Crippen LogP contribution in [-0.4, -0.2) is 17.4 Å². The van der Waals surface area contributed by atoms with Crippen LogP contribution in [0, 0.1) is 27.9 Å². The summed E-state index contributed by atoms with van der Waals surface area (Å²) in [5, 5.41) is 18.1. The van der Waals surface area contributed by atoms with Crippen molar-refractivity contribution in [2.24, 2.45) is 11.1 Å². The molecule has 6 nitrogen and oxygen atoms in total. The molecule has 0 fully saturated rings. The minimum Gasteiger partial charge on any atom is -0.493 e. The summed E-state index contributed by atoms with van der Waals surface area (Å²) in [4.78, 5) is 10.2. The van der Waals surface area contributed by atoms with Crippen LogP contribution in [0.4, 0.5) is 5.69 Å². The lowest BCUT2D eigenvalue weighted by molar-refractivity contribution is -0.384.